The number of rotatable bonds is 5. The summed E-state index contributed by atoms with van der Waals surface area (Å²) in [6.07, 6.45) is -0.683. The monoisotopic (exact) mass is 271 g/mol. The van der Waals surface area contributed by atoms with Crippen molar-refractivity contribution in [3.63, 3.8) is 0 Å². The molecule has 2 unspecified atom stereocenters. The van der Waals surface area contributed by atoms with E-state index in [0.717, 1.165) is 16.7 Å². The molecule has 2 aromatic rings. The Morgan fingerprint density at radius 2 is 1.65 bits per heavy atom. The minimum Gasteiger partial charge on any atom is -0.496 e. The van der Waals surface area contributed by atoms with Crippen molar-refractivity contribution in [3.05, 3.63) is 65.2 Å². The maximum Gasteiger partial charge on any atom is 0.124 e. The summed E-state index contributed by atoms with van der Waals surface area (Å²) in [7, 11) is 1.61. The molecule has 0 aliphatic heterocycles. The van der Waals surface area contributed by atoms with Crippen molar-refractivity contribution < 1.29 is 9.84 Å². The Labute approximate surface area is 120 Å². The fourth-order valence-corrected chi connectivity index (χ4v) is 2.56. The quantitative estimate of drug-likeness (QED) is 0.879. The maximum atomic E-state index is 10.7. The number of para-hydroxylation sites is 1. The third kappa shape index (κ3) is 2.84. The van der Waals surface area contributed by atoms with Crippen LogP contribution < -0.4 is 10.5 Å². The van der Waals surface area contributed by atoms with Gasteiger partial charge in [-0.05, 0) is 24.1 Å². The Bertz CT molecular complexity index is 568. The number of hydrogen-bond acceptors (Lipinski definition) is 3. The van der Waals surface area contributed by atoms with E-state index in [2.05, 4.69) is 0 Å². The van der Waals surface area contributed by atoms with E-state index in [1.165, 1.54) is 0 Å². The normalized spacial score (nSPS) is 13.8. The molecule has 0 saturated carbocycles. The average Bonchev–Trinajstić information content (AvgIpc) is 2.49. The van der Waals surface area contributed by atoms with Gasteiger partial charge in [0.15, 0.2) is 0 Å². The molecule has 2 atom stereocenters. The van der Waals surface area contributed by atoms with Gasteiger partial charge in [0.1, 0.15) is 5.75 Å². The fraction of sp³-hybridized carbons (Fsp3) is 0.294. The Kier molecular flexibility index (Phi) is 4.77. The highest BCUT2D eigenvalue weighted by Gasteiger charge is 2.24. The fourth-order valence-electron chi connectivity index (χ4n) is 2.56. The van der Waals surface area contributed by atoms with Gasteiger partial charge < -0.3 is 15.6 Å². The van der Waals surface area contributed by atoms with E-state index in [1.807, 2.05) is 55.5 Å². The number of nitrogens with two attached hydrogens (primary N) is 1. The van der Waals surface area contributed by atoms with Gasteiger partial charge in [0.05, 0.1) is 13.2 Å². The van der Waals surface area contributed by atoms with E-state index >= 15 is 0 Å². The first kappa shape index (κ1) is 14.6. The predicted octanol–water partition coefficient (Wildman–Crippen LogP) is 2.78. The van der Waals surface area contributed by atoms with Gasteiger partial charge in [-0.15, -0.1) is 0 Å². The highest BCUT2D eigenvalue weighted by molar-refractivity contribution is 5.39. The van der Waals surface area contributed by atoms with Crippen LogP contribution in [-0.4, -0.2) is 18.8 Å². The van der Waals surface area contributed by atoms with E-state index in [0.29, 0.717) is 12.3 Å². The van der Waals surface area contributed by atoms with Gasteiger partial charge in [-0.1, -0.05) is 42.5 Å². The molecule has 3 heteroatoms. The number of aryl methyl sites for hydroxylation is 1. The van der Waals surface area contributed by atoms with E-state index in [9.17, 15) is 5.11 Å². The van der Waals surface area contributed by atoms with E-state index in [-0.39, 0.29) is 5.92 Å². The topological polar surface area (TPSA) is 55.5 Å². The number of aliphatic hydroxyl groups is 1. The zero-order valence-corrected chi connectivity index (χ0v) is 11.9. The van der Waals surface area contributed by atoms with Gasteiger partial charge in [-0.3, -0.25) is 0 Å². The summed E-state index contributed by atoms with van der Waals surface area (Å²) in [5, 5.41) is 10.7. The second-order valence-corrected chi connectivity index (χ2v) is 4.89. The average molecular weight is 271 g/mol. The van der Waals surface area contributed by atoms with Crippen molar-refractivity contribution >= 4 is 0 Å². The zero-order chi connectivity index (χ0) is 14.5. The first-order chi connectivity index (χ1) is 9.69. The second-order valence-electron chi connectivity index (χ2n) is 4.89. The largest absolute Gasteiger partial charge is 0.496 e. The molecule has 0 amide bonds. The first-order valence-electron chi connectivity index (χ1n) is 6.75. The number of aliphatic hydroxyl groups excluding tert-OH is 1. The highest BCUT2D eigenvalue weighted by Crippen LogP contribution is 2.36. The minimum atomic E-state index is -0.683. The summed E-state index contributed by atoms with van der Waals surface area (Å²) < 4.78 is 5.33. The molecular weight excluding hydrogens is 250 g/mol. The molecule has 3 N–H and O–H groups in total. The van der Waals surface area contributed by atoms with Crippen LogP contribution in [0.4, 0.5) is 0 Å². The molecule has 3 nitrogen and oxygen atoms in total. The van der Waals surface area contributed by atoms with E-state index in [1.54, 1.807) is 7.11 Å². The summed E-state index contributed by atoms with van der Waals surface area (Å²) in [6, 6.07) is 15.5. The van der Waals surface area contributed by atoms with Crippen LogP contribution in [0.1, 0.15) is 28.7 Å². The van der Waals surface area contributed by atoms with E-state index in [4.69, 9.17) is 10.5 Å². The van der Waals surface area contributed by atoms with Crippen molar-refractivity contribution in [1.29, 1.82) is 0 Å². The van der Waals surface area contributed by atoms with Crippen LogP contribution in [0.25, 0.3) is 0 Å². The summed E-state index contributed by atoms with van der Waals surface area (Å²) in [4.78, 5) is 0. The third-order valence-electron chi connectivity index (χ3n) is 3.68. The zero-order valence-electron chi connectivity index (χ0n) is 11.9. The Morgan fingerprint density at radius 3 is 2.25 bits per heavy atom. The maximum absolute atomic E-state index is 10.7. The molecule has 0 bridgehead atoms. The number of benzene rings is 2. The third-order valence-corrected chi connectivity index (χ3v) is 3.68. The SMILES string of the molecule is COc1ccccc1C(O)C(CN)c1ccccc1C. The van der Waals surface area contributed by atoms with Crippen LogP contribution in [-0.2, 0) is 0 Å². The minimum absolute atomic E-state index is 0.146. The summed E-state index contributed by atoms with van der Waals surface area (Å²) in [6.45, 7) is 2.41. The number of methoxy groups -OCH3 is 1. The van der Waals surface area contributed by atoms with Crippen molar-refractivity contribution in [2.75, 3.05) is 13.7 Å². The lowest BCUT2D eigenvalue weighted by Crippen LogP contribution is -2.21. The molecule has 0 aliphatic rings. The molecule has 0 saturated heterocycles. The smallest absolute Gasteiger partial charge is 0.124 e. The van der Waals surface area contributed by atoms with Gasteiger partial charge >= 0.3 is 0 Å². The molecule has 0 aliphatic carbocycles. The van der Waals surface area contributed by atoms with Crippen molar-refractivity contribution in [3.8, 4) is 5.75 Å². The van der Waals surface area contributed by atoms with Gasteiger partial charge in [-0.2, -0.15) is 0 Å². The van der Waals surface area contributed by atoms with Crippen LogP contribution in [0.2, 0.25) is 0 Å². The number of hydrogen-bond donors (Lipinski definition) is 2. The number of ether oxygens (including phenoxy) is 1. The van der Waals surface area contributed by atoms with Crippen LogP contribution in [0.5, 0.6) is 5.75 Å². The van der Waals surface area contributed by atoms with Gasteiger partial charge in [-0.25, -0.2) is 0 Å². The van der Waals surface area contributed by atoms with Crippen molar-refractivity contribution in [1.82, 2.24) is 0 Å². The molecule has 0 radical (unpaired) electrons. The lowest BCUT2D eigenvalue weighted by atomic mass is 9.86. The van der Waals surface area contributed by atoms with Crippen LogP contribution >= 0.6 is 0 Å². The molecule has 0 fully saturated rings. The standard InChI is InChI=1S/C17H21NO2/c1-12-7-3-4-8-13(12)15(11-18)17(19)14-9-5-6-10-16(14)20-2/h3-10,15,17,19H,11,18H2,1-2H3. The molecule has 0 aromatic heterocycles. The van der Waals surface area contributed by atoms with Gasteiger partial charge in [0.25, 0.3) is 0 Å². The van der Waals surface area contributed by atoms with Crippen molar-refractivity contribution in [2.24, 2.45) is 5.73 Å². The molecular formula is C17H21NO2. The molecule has 0 heterocycles. The molecule has 2 rings (SSSR count). The van der Waals surface area contributed by atoms with Crippen LogP contribution in [0, 0.1) is 6.92 Å². The Hall–Kier alpha value is -1.84. The summed E-state index contributed by atoms with van der Waals surface area (Å²) in [5.41, 5.74) is 8.89. The van der Waals surface area contributed by atoms with Gasteiger partial charge in [0.2, 0.25) is 0 Å². The van der Waals surface area contributed by atoms with E-state index < -0.39 is 6.10 Å². The Morgan fingerprint density at radius 1 is 1.05 bits per heavy atom. The lowest BCUT2D eigenvalue weighted by Gasteiger charge is -2.25. The molecule has 20 heavy (non-hydrogen) atoms. The highest BCUT2D eigenvalue weighted by atomic mass is 16.5. The predicted molar refractivity (Wildman–Crippen MR) is 80.9 cm³/mol. The molecule has 106 valence electrons. The first-order valence-corrected chi connectivity index (χ1v) is 6.75. The van der Waals surface area contributed by atoms with Crippen molar-refractivity contribution in [2.45, 2.75) is 18.9 Å². The second kappa shape index (κ2) is 6.55. The van der Waals surface area contributed by atoms with Crippen LogP contribution in [0.3, 0.4) is 0 Å². The molecule has 2 aromatic carbocycles. The lowest BCUT2D eigenvalue weighted by molar-refractivity contribution is 0.143. The van der Waals surface area contributed by atoms with Gasteiger partial charge in [0, 0.05) is 18.0 Å². The molecule has 0 spiro atoms. The Balaban J connectivity index is 2.39. The van der Waals surface area contributed by atoms with Crippen LogP contribution in [0.15, 0.2) is 48.5 Å². The summed E-state index contributed by atoms with van der Waals surface area (Å²) in [5.74, 6) is 0.541. The summed E-state index contributed by atoms with van der Waals surface area (Å²) >= 11 is 0.